The van der Waals surface area contributed by atoms with Gasteiger partial charge in [0.25, 0.3) is 0 Å². The molecule has 0 aliphatic rings. The fourth-order valence-corrected chi connectivity index (χ4v) is 2.16. The molecule has 106 valence electrons. The van der Waals surface area contributed by atoms with Gasteiger partial charge in [0.1, 0.15) is 0 Å². The first-order valence-corrected chi connectivity index (χ1v) is 7.39. The maximum absolute atomic E-state index is 4.74. The van der Waals surface area contributed by atoms with Gasteiger partial charge in [-0.15, -0.1) is 0 Å². The monoisotopic (exact) mass is 268 g/mol. The van der Waals surface area contributed by atoms with Gasteiger partial charge < -0.3 is 5.32 Å². The minimum Gasteiger partial charge on any atom is -0.310 e. The third-order valence-corrected chi connectivity index (χ3v) is 3.55. The van der Waals surface area contributed by atoms with Crippen molar-refractivity contribution in [2.24, 2.45) is 0 Å². The van der Waals surface area contributed by atoms with E-state index < -0.39 is 0 Å². The van der Waals surface area contributed by atoms with Crippen LogP contribution in [0.4, 0.5) is 0 Å². The Kier molecular flexibility index (Phi) is 4.91. The zero-order valence-electron chi connectivity index (χ0n) is 12.9. The van der Waals surface area contributed by atoms with E-state index in [4.69, 9.17) is 4.98 Å². The third kappa shape index (κ3) is 3.67. The fourth-order valence-electron chi connectivity index (χ4n) is 2.16. The zero-order chi connectivity index (χ0) is 14.5. The number of benzene rings is 1. The Hall–Kier alpha value is -1.67. The Morgan fingerprint density at radius 3 is 2.30 bits per heavy atom. The van der Waals surface area contributed by atoms with E-state index in [2.05, 4.69) is 69.4 Å². The number of aryl methyl sites for hydroxylation is 2. The van der Waals surface area contributed by atoms with E-state index in [0.717, 1.165) is 24.4 Å². The Balaban J connectivity index is 2.19. The van der Waals surface area contributed by atoms with Gasteiger partial charge in [0.2, 0.25) is 0 Å². The van der Waals surface area contributed by atoms with Crippen LogP contribution in [0, 0.1) is 6.92 Å². The smallest absolute Gasteiger partial charge is 0.0705 e. The predicted molar refractivity (Wildman–Crippen MR) is 85.8 cm³/mol. The first-order valence-electron chi connectivity index (χ1n) is 7.39. The van der Waals surface area contributed by atoms with Gasteiger partial charge in [-0.1, -0.05) is 51.1 Å². The minimum atomic E-state index is 0.496. The molecule has 2 rings (SSSR count). The summed E-state index contributed by atoms with van der Waals surface area (Å²) in [6.07, 6.45) is 1.08. The summed E-state index contributed by atoms with van der Waals surface area (Å²) in [5.74, 6) is 0. The van der Waals surface area contributed by atoms with Gasteiger partial charge >= 0.3 is 0 Å². The maximum Gasteiger partial charge on any atom is 0.0705 e. The number of nitrogens with zero attached hydrogens (tertiary/aromatic N) is 1. The second-order valence-corrected chi connectivity index (χ2v) is 5.53. The molecule has 0 bridgehead atoms. The minimum absolute atomic E-state index is 0.496. The summed E-state index contributed by atoms with van der Waals surface area (Å²) < 4.78 is 0. The topological polar surface area (TPSA) is 24.9 Å². The highest BCUT2D eigenvalue weighted by Crippen LogP contribution is 2.20. The number of rotatable bonds is 5. The van der Waals surface area contributed by atoms with Crippen molar-refractivity contribution in [2.75, 3.05) is 0 Å². The summed E-state index contributed by atoms with van der Waals surface area (Å²) in [6.45, 7) is 9.46. The van der Waals surface area contributed by atoms with Crippen molar-refractivity contribution in [3.05, 3.63) is 53.2 Å². The van der Waals surface area contributed by atoms with Crippen molar-refractivity contribution in [2.45, 2.75) is 46.7 Å². The molecule has 0 spiro atoms. The molecule has 0 fully saturated rings. The van der Waals surface area contributed by atoms with Crippen LogP contribution < -0.4 is 5.32 Å². The van der Waals surface area contributed by atoms with Gasteiger partial charge in [0.15, 0.2) is 0 Å². The Morgan fingerprint density at radius 1 is 1.05 bits per heavy atom. The summed E-state index contributed by atoms with van der Waals surface area (Å²) in [5.41, 5.74) is 5.98. The van der Waals surface area contributed by atoms with E-state index in [1.807, 2.05) is 0 Å². The lowest BCUT2D eigenvalue weighted by Gasteiger charge is -2.11. The van der Waals surface area contributed by atoms with Crippen LogP contribution in [-0.4, -0.2) is 11.0 Å². The number of hydrogen-bond donors (Lipinski definition) is 1. The summed E-state index contributed by atoms with van der Waals surface area (Å²) in [4.78, 5) is 4.74. The molecule has 1 N–H and O–H groups in total. The quantitative estimate of drug-likeness (QED) is 0.882. The van der Waals surface area contributed by atoms with Gasteiger partial charge in [0, 0.05) is 23.8 Å². The zero-order valence-corrected chi connectivity index (χ0v) is 12.9. The molecule has 0 amide bonds. The maximum atomic E-state index is 4.74. The Morgan fingerprint density at radius 2 is 1.75 bits per heavy atom. The third-order valence-electron chi connectivity index (χ3n) is 3.55. The highest BCUT2D eigenvalue weighted by molar-refractivity contribution is 5.60. The van der Waals surface area contributed by atoms with E-state index in [-0.39, 0.29) is 0 Å². The number of aromatic nitrogens is 1. The Bertz CT molecular complexity index is 556. The molecule has 0 saturated heterocycles. The second-order valence-electron chi connectivity index (χ2n) is 5.53. The first-order chi connectivity index (χ1) is 9.60. The first kappa shape index (κ1) is 14.7. The summed E-state index contributed by atoms with van der Waals surface area (Å²) in [6, 6.07) is 13.5. The van der Waals surface area contributed by atoms with E-state index in [0.29, 0.717) is 6.04 Å². The molecule has 0 radical (unpaired) electrons. The fraction of sp³-hybridized carbons (Fsp3) is 0.389. The molecule has 2 aromatic rings. The SMILES string of the molecule is CCc1ccc(-c2ccc(CNC(C)C)c(C)n2)cc1. The van der Waals surface area contributed by atoms with Crippen molar-refractivity contribution >= 4 is 0 Å². The molecule has 1 aromatic heterocycles. The molecule has 0 aliphatic heterocycles. The Labute approximate surface area is 122 Å². The highest BCUT2D eigenvalue weighted by atomic mass is 14.9. The van der Waals surface area contributed by atoms with E-state index in [9.17, 15) is 0 Å². The van der Waals surface area contributed by atoms with Crippen LogP contribution >= 0.6 is 0 Å². The molecule has 0 saturated carbocycles. The summed E-state index contributed by atoms with van der Waals surface area (Å²) in [5, 5.41) is 3.44. The van der Waals surface area contributed by atoms with Crippen molar-refractivity contribution < 1.29 is 0 Å². The van der Waals surface area contributed by atoms with Crippen molar-refractivity contribution in [3.63, 3.8) is 0 Å². The highest BCUT2D eigenvalue weighted by Gasteiger charge is 2.04. The molecule has 2 heteroatoms. The van der Waals surface area contributed by atoms with Crippen LogP contribution in [0.25, 0.3) is 11.3 Å². The van der Waals surface area contributed by atoms with Gasteiger partial charge in [-0.25, -0.2) is 0 Å². The largest absolute Gasteiger partial charge is 0.310 e. The molecule has 0 aliphatic carbocycles. The second kappa shape index (κ2) is 6.67. The molecule has 1 heterocycles. The van der Waals surface area contributed by atoms with Crippen molar-refractivity contribution in [1.82, 2.24) is 10.3 Å². The average Bonchev–Trinajstić information content (AvgIpc) is 2.46. The molecule has 0 unspecified atom stereocenters. The van der Waals surface area contributed by atoms with Crippen LogP contribution in [-0.2, 0) is 13.0 Å². The van der Waals surface area contributed by atoms with E-state index >= 15 is 0 Å². The van der Waals surface area contributed by atoms with Crippen molar-refractivity contribution in [3.8, 4) is 11.3 Å². The lowest BCUT2D eigenvalue weighted by Crippen LogP contribution is -2.22. The van der Waals surface area contributed by atoms with Crippen LogP contribution in [0.2, 0.25) is 0 Å². The van der Waals surface area contributed by atoms with E-state index in [1.54, 1.807) is 0 Å². The number of pyridine rings is 1. The summed E-state index contributed by atoms with van der Waals surface area (Å²) in [7, 11) is 0. The lowest BCUT2D eigenvalue weighted by atomic mass is 10.1. The predicted octanol–water partition coefficient (Wildman–Crippen LogP) is 4.12. The van der Waals surface area contributed by atoms with Crippen LogP contribution in [0.5, 0.6) is 0 Å². The normalized spacial score (nSPS) is 11.1. The van der Waals surface area contributed by atoms with Crippen LogP contribution in [0.1, 0.15) is 37.6 Å². The van der Waals surface area contributed by atoms with Gasteiger partial charge in [-0.2, -0.15) is 0 Å². The van der Waals surface area contributed by atoms with Crippen LogP contribution in [0.3, 0.4) is 0 Å². The lowest BCUT2D eigenvalue weighted by molar-refractivity contribution is 0.586. The van der Waals surface area contributed by atoms with Crippen LogP contribution in [0.15, 0.2) is 36.4 Å². The molecule has 2 nitrogen and oxygen atoms in total. The van der Waals surface area contributed by atoms with Crippen molar-refractivity contribution in [1.29, 1.82) is 0 Å². The number of hydrogen-bond acceptors (Lipinski definition) is 2. The van der Waals surface area contributed by atoms with Gasteiger partial charge in [-0.3, -0.25) is 4.98 Å². The molecular weight excluding hydrogens is 244 g/mol. The van der Waals surface area contributed by atoms with E-state index in [1.165, 1.54) is 16.7 Å². The average molecular weight is 268 g/mol. The molecule has 1 aromatic carbocycles. The van der Waals surface area contributed by atoms with Gasteiger partial charge in [0.05, 0.1) is 5.69 Å². The summed E-state index contributed by atoms with van der Waals surface area (Å²) >= 11 is 0. The molecular formula is C18H24N2. The number of nitrogens with one attached hydrogen (secondary N) is 1. The standard InChI is InChI=1S/C18H24N2/c1-5-15-6-8-16(9-7-15)18-11-10-17(14(4)20-18)12-19-13(2)3/h6-11,13,19H,5,12H2,1-4H3. The van der Waals surface area contributed by atoms with Gasteiger partial charge in [-0.05, 0) is 30.5 Å². The molecule has 0 atom stereocenters. The molecule has 20 heavy (non-hydrogen) atoms.